The van der Waals surface area contributed by atoms with Crippen molar-refractivity contribution in [2.75, 3.05) is 43.5 Å². The number of ether oxygens (including phenoxy) is 1. The quantitative estimate of drug-likeness (QED) is 0.432. The molecule has 1 aliphatic rings. The molecule has 2 N–H and O–H groups in total. The molecule has 9 heteroatoms. The van der Waals surface area contributed by atoms with E-state index in [9.17, 15) is 9.59 Å². The SMILES string of the molecule is CCc1ccc(C(=O)N2CCN(c3ccc(NC(=S)NC(=O)c4ccc(OC)c(Cl)c4)cc3)CC2)cc1. The molecule has 1 fully saturated rings. The molecule has 0 bridgehead atoms. The first-order chi connectivity index (χ1) is 17.9. The van der Waals surface area contributed by atoms with Crippen LogP contribution >= 0.6 is 23.8 Å². The van der Waals surface area contributed by atoms with Crippen LogP contribution in [0.4, 0.5) is 11.4 Å². The first kappa shape index (κ1) is 26.4. The number of methoxy groups -OCH3 is 1. The van der Waals surface area contributed by atoms with Crippen LogP contribution in [0, 0.1) is 0 Å². The number of nitrogens with zero attached hydrogens (tertiary/aromatic N) is 2. The zero-order valence-corrected chi connectivity index (χ0v) is 22.4. The second-order valence-electron chi connectivity index (χ2n) is 8.63. The highest BCUT2D eigenvalue weighted by Gasteiger charge is 2.22. The summed E-state index contributed by atoms with van der Waals surface area (Å²) >= 11 is 11.4. The van der Waals surface area contributed by atoms with Crippen LogP contribution in [0.25, 0.3) is 0 Å². The zero-order chi connectivity index (χ0) is 26.4. The lowest BCUT2D eigenvalue weighted by Crippen LogP contribution is -2.48. The summed E-state index contributed by atoms with van der Waals surface area (Å²) in [5.41, 5.74) is 4.16. The molecule has 1 saturated heterocycles. The van der Waals surface area contributed by atoms with E-state index in [0.29, 0.717) is 29.4 Å². The first-order valence-electron chi connectivity index (χ1n) is 12.1. The van der Waals surface area contributed by atoms with Gasteiger partial charge in [-0.3, -0.25) is 14.9 Å². The Morgan fingerprint density at radius 1 is 0.946 bits per heavy atom. The summed E-state index contributed by atoms with van der Waals surface area (Å²) in [4.78, 5) is 29.5. The van der Waals surface area contributed by atoms with Crippen molar-refractivity contribution >= 4 is 52.1 Å². The maximum absolute atomic E-state index is 12.8. The number of rotatable bonds is 6. The molecule has 0 aliphatic carbocycles. The highest BCUT2D eigenvalue weighted by Crippen LogP contribution is 2.25. The lowest BCUT2D eigenvalue weighted by molar-refractivity contribution is 0.0746. The summed E-state index contributed by atoms with van der Waals surface area (Å²) in [6, 6.07) is 20.5. The van der Waals surface area contributed by atoms with E-state index in [0.717, 1.165) is 36.4 Å². The average Bonchev–Trinajstić information content (AvgIpc) is 2.93. The van der Waals surface area contributed by atoms with Gasteiger partial charge in [0.2, 0.25) is 0 Å². The number of aryl methyl sites for hydroxylation is 1. The maximum Gasteiger partial charge on any atom is 0.257 e. The van der Waals surface area contributed by atoms with E-state index >= 15 is 0 Å². The van der Waals surface area contributed by atoms with Gasteiger partial charge in [0.05, 0.1) is 12.1 Å². The Hall–Kier alpha value is -3.62. The van der Waals surface area contributed by atoms with Crippen LogP contribution in [-0.2, 0) is 6.42 Å². The largest absolute Gasteiger partial charge is 0.495 e. The second kappa shape index (κ2) is 12.1. The second-order valence-corrected chi connectivity index (χ2v) is 9.45. The number of hydrogen-bond acceptors (Lipinski definition) is 5. The van der Waals surface area contributed by atoms with E-state index in [-0.39, 0.29) is 16.9 Å². The lowest BCUT2D eigenvalue weighted by Gasteiger charge is -2.36. The molecule has 7 nitrogen and oxygen atoms in total. The van der Waals surface area contributed by atoms with E-state index < -0.39 is 0 Å². The van der Waals surface area contributed by atoms with E-state index in [1.54, 1.807) is 12.1 Å². The molecule has 0 spiro atoms. The summed E-state index contributed by atoms with van der Waals surface area (Å²) in [6.45, 7) is 4.94. The van der Waals surface area contributed by atoms with Crippen LogP contribution in [0.2, 0.25) is 5.02 Å². The molecule has 0 aromatic heterocycles. The predicted molar refractivity (Wildman–Crippen MR) is 152 cm³/mol. The predicted octanol–water partition coefficient (Wildman–Crippen LogP) is 5.00. The van der Waals surface area contributed by atoms with Crippen molar-refractivity contribution in [2.45, 2.75) is 13.3 Å². The van der Waals surface area contributed by atoms with E-state index in [4.69, 9.17) is 28.6 Å². The number of nitrogens with one attached hydrogen (secondary N) is 2. The Bertz CT molecular complexity index is 1270. The third kappa shape index (κ3) is 6.58. The minimum absolute atomic E-state index is 0.0781. The molecule has 37 heavy (non-hydrogen) atoms. The number of halogens is 1. The highest BCUT2D eigenvalue weighted by molar-refractivity contribution is 7.80. The summed E-state index contributed by atoms with van der Waals surface area (Å²) in [5.74, 6) is 0.204. The number of amides is 2. The molecule has 3 aromatic rings. The number of benzene rings is 3. The molecule has 0 unspecified atom stereocenters. The van der Waals surface area contributed by atoms with Gasteiger partial charge in [0.1, 0.15) is 5.75 Å². The first-order valence-corrected chi connectivity index (χ1v) is 12.9. The highest BCUT2D eigenvalue weighted by atomic mass is 35.5. The van der Waals surface area contributed by atoms with Crippen molar-refractivity contribution in [3.05, 3.63) is 88.4 Å². The van der Waals surface area contributed by atoms with Crippen LogP contribution in [-0.4, -0.2) is 55.1 Å². The van der Waals surface area contributed by atoms with Gasteiger partial charge in [-0.15, -0.1) is 0 Å². The van der Waals surface area contributed by atoms with Gasteiger partial charge >= 0.3 is 0 Å². The fraction of sp³-hybridized carbons (Fsp3) is 0.250. The molecular weight excluding hydrogens is 508 g/mol. The summed E-state index contributed by atoms with van der Waals surface area (Å²) < 4.78 is 5.11. The fourth-order valence-electron chi connectivity index (χ4n) is 4.13. The minimum atomic E-state index is -0.368. The fourth-order valence-corrected chi connectivity index (χ4v) is 4.60. The van der Waals surface area contributed by atoms with Gasteiger partial charge < -0.3 is 19.9 Å². The summed E-state index contributed by atoms with van der Waals surface area (Å²) in [5, 5.41) is 6.22. The van der Waals surface area contributed by atoms with Crippen LogP contribution in [0.3, 0.4) is 0 Å². The molecule has 0 saturated carbocycles. The Morgan fingerprint density at radius 3 is 2.19 bits per heavy atom. The molecule has 4 rings (SSSR count). The van der Waals surface area contributed by atoms with Crippen LogP contribution < -0.4 is 20.3 Å². The van der Waals surface area contributed by atoms with Gasteiger partial charge in [0.25, 0.3) is 11.8 Å². The molecule has 0 atom stereocenters. The summed E-state index contributed by atoms with van der Waals surface area (Å²) in [7, 11) is 1.51. The Balaban J connectivity index is 1.27. The van der Waals surface area contributed by atoms with E-state index in [1.807, 2.05) is 53.4 Å². The van der Waals surface area contributed by atoms with Crippen molar-refractivity contribution in [3.8, 4) is 5.75 Å². The van der Waals surface area contributed by atoms with Gasteiger partial charge in [-0.25, -0.2) is 0 Å². The van der Waals surface area contributed by atoms with E-state index in [2.05, 4.69) is 22.5 Å². The number of carbonyl (C=O) groups excluding carboxylic acids is 2. The smallest absolute Gasteiger partial charge is 0.257 e. The Labute approximate surface area is 227 Å². The van der Waals surface area contributed by atoms with Crippen molar-refractivity contribution in [1.82, 2.24) is 10.2 Å². The number of hydrogen-bond donors (Lipinski definition) is 2. The third-order valence-electron chi connectivity index (χ3n) is 6.31. The Kier molecular flexibility index (Phi) is 8.63. The van der Waals surface area contributed by atoms with Crippen molar-refractivity contribution in [3.63, 3.8) is 0 Å². The lowest BCUT2D eigenvalue weighted by atomic mass is 10.1. The molecule has 3 aromatic carbocycles. The summed E-state index contributed by atoms with van der Waals surface area (Å²) in [6.07, 6.45) is 0.959. The van der Waals surface area contributed by atoms with Gasteiger partial charge in [-0.2, -0.15) is 0 Å². The van der Waals surface area contributed by atoms with Crippen molar-refractivity contribution < 1.29 is 14.3 Å². The topological polar surface area (TPSA) is 73.9 Å². The molecule has 2 amide bonds. The monoisotopic (exact) mass is 536 g/mol. The molecule has 1 heterocycles. The molecule has 192 valence electrons. The number of thiocarbonyl (C=S) groups is 1. The van der Waals surface area contributed by atoms with Crippen LogP contribution in [0.1, 0.15) is 33.2 Å². The Morgan fingerprint density at radius 2 is 1.59 bits per heavy atom. The van der Waals surface area contributed by atoms with Gasteiger partial charge in [-0.05, 0) is 78.8 Å². The van der Waals surface area contributed by atoms with E-state index in [1.165, 1.54) is 18.7 Å². The van der Waals surface area contributed by atoms with Crippen LogP contribution in [0.5, 0.6) is 5.75 Å². The maximum atomic E-state index is 12.8. The normalized spacial score (nSPS) is 13.2. The third-order valence-corrected chi connectivity index (χ3v) is 6.81. The number of piperazine rings is 1. The van der Waals surface area contributed by atoms with Crippen molar-refractivity contribution in [2.24, 2.45) is 0 Å². The van der Waals surface area contributed by atoms with Crippen molar-refractivity contribution in [1.29, 1.82) is 0 Å². The van der Waals surface area contributed by atoms with Gasteiger partial charge in [0.15, 0.2) is 5.11 Å². The van der Waals surface area contributed by atoms with Gasteiger partial charge in [0, 0.05) is 48.7 Å². The zero-order valence-electron chi connectivity index (χ0n) is 20.8. The standard InChI is InChI=1S/C28H29ClN4O3S/c1-3-19-4-6-20(7-5-19)27(35)33-16-14-32(15-17-33)23-11-9-22(10-12-23)30-28(37)31-26(34)21-8-13-25(36-2)24(29)18-21/h4-13,18H,3,14-17H2,1-2H3,(H2,30,31,34,37). The van der Waals surface area contributed by atoms with Crippen LogP contribution in [0.15, 0.2) is 66.7 Å². The average molecular weight is 537 g/mol. The van der Waals surface area contributed by atoms with Gasteiger partial charge in [-0.1, -0.05) is 30.7 Å². The number of carbonyl (C=O) groups is 2. The number of anilines is 2. The molecule has 1 aliphatic heterocycles. The molecular formula is C28H29ClN4O3S. The molecule has 0 radical (unpaired) electrons. The minimum Gasteiger partial charge on any atom is -0.495 e.